The van der Waals surface area contributed by atoms with Gasteiger partial charge in [0.05, 0.1) is 0 Å². The molecule has 0 atom stereocenters. The largest absolute Gasteiger partial charge is 0.338 e. The van der Waals surface area contributed by atoms with Gasteiger partial charge in [-0.2, -0.15) is 0 Å². The number of nitrogens with one attached hydrogen (secondary N) is 1. The molecule has 0 fully saturated rings. The lowest BCUT2D eigenvalue weighted by atomic mass is 10.0. The van der Waals surface area contributed by atoms with Gasteiger partial charge in [0.1, 0.15) is 5.69 Å². The molecule has 0 bridgehead atoms. The number of para-hydroxylation sites is 1. The van der Waals surface area contributed by atoms with Gasteiger partial charge in [0, 0.05) is 22.0 Å². The molecule has 116 valence electrons. The highest BCUT2D eigenvalue weighted by Crippen LogP contribution is 2.31. The van der Waals surface area contributed by atoms with Crippen LogP contribution in [0, 0.1) is 6.92 Å². The first kappa shape index (κ1) is 14.4. The van der Waals surface area contributed by atoms with E-state index in [0.29, 0.717) is 0 Å². The molecule has 0 aliphatic carbocycles. The first-order valence-corrected chi connectivity index (χ1v) is 7.96. The Morgan fingerprint density at radius 1 is 0.708 bits per heavy atom. The second kappa shape index (κ2) is 6.13. The van der Waals surface area contributed by atoms with Crippen LogP contribution in [0.15, 0.2) is 78.9 Å². The Kier molecular flexibility index (Phi) is 3.67. The second-order valence-electron chi connectivity index (χ2n) is 5.80. The Hall–Kier alpha value is -3.20. The van der Waals surface area contributed by atoms with E-state index in [4.69, 9.17) is 0 Å². The lowest BCUT2D eigenvalue weighted by Gasteiger charge is -2.12. The minimum Gasteiger partial charge on any atom is -0.338 e. The van der Waals surface area contributed by atoms with Crippen molar-refractivity contribution in [3.63, 3.8) is 0 Å². The van der Waals surface area contributed by atoms with Gasteiger partial charge in [-0.25, -0.2) is 0 Å². The Balaban J connectivity index is 1.89. The number of fused-ring (bicyclic) bond motifs is 1. The Bertz CT molecular complexity index is 980. The molecule has 1 heterocycles. The summed E-state index contributed by atoms with van der Waals surface area (Å²) in [6.07, 6.45) is 0. The fourth-order valence-electron chi connectivity index (χ4n) is 2.83. The van der Waals surface area contributed by atoms with Crippen LogP contribution in [-0.4, -0.2) is 10.2 Å². The van der Waals surface area contributed by atoms with E-state index in [1.165, 1.54) is 5.56 Å². The molecular weight excluding hydrogens is 294 g/mol. The summed E-state index contributed by atoms with van der Waals surface area (Å²) in [4.78, 5) is 0. The van der Waals surface area contributed by atoms with Gasteiger partial charge < -0.3 is 5.32 Å². The monoisotopic (exact) mass is 311 g/mol. The van der Waals surface area contributed by atoms with Gasteiger partial charge >= 0.3 is 0 Å². The van der Waals surface area contributed by atoms with Crippen LogP contribution in [-0.2, 0) is 0 Å². The zero-order valence-corrected chi connectivity index (χ0v) is 13.4. The molecule has 0 amide bonds. The van der Waals surface area contributed by atoms with Crippen LogP contribution in [0.3, 0.4) is 0 Å². The standard InChI is InChI=1S/C21H17N3/c1-15-12-13-18-19(14-15)20(16-8-4-2-5-9-16)23-24-21(18)22-17-10-6-3-7-11-17/h2-14H,1H3,(H,22,24). The van der Waals surface area contributed by atoms with E-state index >= 15 is 0 Å². The summed E-state index contributed by atoms with van der Waals surface area (Å²) in [5, 5.41) is 14.5. The quantitative estimate of drug-likeness (QED) is 0.554. The molecule has 4 rings (SSSR count). The minimum atomic E-state index is 0.774. The predicted octanol–water partition coefficient (Wildman–Crippen LogP) is 5.35. The van der Waals surface area contributed by atoms with Crippen LogP contribution in [0.2, 0.25) is 0 Å². The lowest BCUT2D eigenvalue weighted by molar-refractivity contribution is 1.06. The molecule has 0 radical (unpaired) electrons. The van der Waals surface area contributed by atoms with Crippen LogP contribution < -0.4 is 5.32 Å². The summed E-state index contributed by atoms with van der Waals surface area (Å²) in [6.45, 7) is 2.10. The maximum absolute atomic E-state index is 4.50. The number of nitrogens with zero attached hydrogens (tertiary/aromatic N) is 2. The molecule has 4 aromatic rings. The third kappa shape index (κ3) is 2.72. The van der Waals surface area contributed by atoms with Gasteiger partial charge in [-0.05, 0) is 25.1 Å². The smallest absolute Gasteiger partial charge is 0.161 e. The summed E-state index contributed by atoms with van der Waals surface area (Å²) >= 11 is 0. The molecule has 3 heteroatoms. The topological polar surface area (TPSA) is 37.8 Å². The van der Waals surface area contributed by atoms with Crippen LogP contribution in [0.5, 0.6) is 0 Å². The molecule has 0 saturated heterocycles. The zero-order valence-electron chi connectivity index (χ0n) is 13.4. The summed E-state index contributed by atoms with van der Waals surface area (Å²) < 4.78 is 0. The van der Waals surface area contributed by atoms with Crippen LogP contribution in [0.1, 0.15) is 5.56 Å². The van der Waals surface area contributed by atoms with Crippen LogP contribution in [0.4, 0.5) is 11.5 Å². The van der Waals surface area contributed by atoms with E-state index in [-0.39, 0.29) is 0 Å². The molecule has 0 unspecified atom stereocenters. The van der Waals surface area contributed by atoms with Gasteiger partial charge in [-0.1, -0.05) is 66.2 Å². The van der Waals surface area contributed by atoms with E-state index < -0.39 is 0 Å². The van der Waals surface area contributed by atoms with Crippen molar-refractivity contribution in [1.29, 1.82) is 0 Å². The van der Waals surface area contributed by atoms with Crippen LogP contribution in [0.25, 0.3) is 22.0 Å². The third-order valence-corrected chi connectivity index (χ3v) is 4.02. The maximum atomic E-state index is 4.50. The number of rotatable bonds is 3. The zero-order chi connectivity index (χ0) is 16.4. The Morgan fingerprint density at radius 2 is 1.42 bits per heavy atom. The van der Waals surface area contributed by atoms with Crippen molar-refractivity contribution in [1.82, 2.24) is 10.2 Å². The van der Waals surface area contributed by atoms with Gasteiger partial charge in [-0.15, -0.1) is 10.2 Å². The van der Waals surface area contributed by atoms with Crippen LogP contribution >= 0.6 is 0 Å². The molecule has 0 saturated carbocycles. The first-order valence-electron chi connectivity index (χ1n) is 7.96. The average molecular weight is 311 g/mol. The fraction of sp³-hybridized carbons (Fsp3) is 0.0476. The Morgan fingerprint density at radius 3 is 2.17 bits per heavy atom. The summed E-state index contributed by atoms with van der Waals surface area (Å²) in [6, 6.07) is 26.6. The van der Waals surface area contributed by atoms with Crippen molar-refractivity contribution in [2.75, 3.05) is 5.32 Å². The second-order valence-corrected chi connectivity index (χ2v) is 5.80. The molecule has 0 aliphatic heterocycles. The van der Waals surface area contributed by atoms with Gasteiger partial charge in [0.2, 0.25) is 0 Å². The van der Waals surface area contributed by atoms with Crippen molar-refractivity contribution < 1.29 is 0 Å². The third-order valence-electron chi connectivity index (χ3n) is 4.02. The normalized spacial score (nSPS) is 10.7. The number of aryl methyl sites for hydroxylation is 1. The van der Waals surface area contributed by atoms with Crippen molar-refractivity contribution in [3.8, 4) is 11.3 Å². The minimum absolute atomic E-state index is 0.774. The molecule has 0 aliphatic rings. The van der Waals surface area contributed by atoms with E-state index in [0.717, 1.165) is 33.5 Å². The average Bonchev–Trinajstić information content (AvgIpc) is 2.63. The SMILES string of the molecule is Cc1ccc2c(Nc3ccccc3)nnc(-c3ccccc3)c2c1. The first-order chi connectivity index (χ1) is 11.8. The van der Waals surface area contributed by atoms with Crippen molar-refractivity contribution in [2.45, 2.75) is 6.92 Å². The Labute approximate surface area is 141 Å². The number of hydrogen-bond donors (Lipinski definition) is 1. The number of anilines is 2. The molecule has 3 aromatic carbocycles. The highest BCUT2D eigenvalue weighted by molar-refractivity contribution is 6.01. The van der Waals surface area contributed by atoms with Gasteiger partial charge in [0.15, 0.2) is 5.82 Å². The highest BCUT2D eigenvalue weighted by atomic mass is 15.2. The van der Waals surface area contributed by atoms with Crippen molar-refractivity contribution >= 4 is 22.3 Å². The summed E-state index contributed by atoms with van der Waals surface area (Å²) in [5.41, 5.74) is 4.19. The number of aromatic nitrogens is 2. The summed E-state index contributed by atoms with van der Waals surface area (Å²) in [7, 11) is 0. The lowest BCUT2D eigenvalue weighted by Crippen LogP contribution is -1.99. The van der Waals surface area contributed by atoms with E-state index in [1.54, 1.807) is 0 Å². The van der Waals surface area contributed by atoms with Crippen molar-refractivity contribution in [2.24, 2.45) is 0 Å². The maximum Gasteiger partial charge on any atom is 0.161 e. The molecule has 1 N–H and O–H groups in total. The fourth-order valence-corrected chi connectivity index (χ4v) is 2.83. The van der Waals surface area contributed by atoms with E-state index in [2.05, 4.69) is 52.8 Å². The number of hydrogen-bond acceptors (Lipinski definition) is 3. The number of benzene rings is 3. The highest BCUT2D eigenvalue weighted by Gasteiger charge is 2.11. The summed E-state index contributed by atoms with van der Waals surface area (Å²) in [5.74, 6) is 0.774. The molecular formula is C21H17N3. The molecule has 24 heavy (non-hydrogen) atoms. The molecule has 1 aromatic heterocycles. The van der Waals surface area contributed by atoms with Gasteiger partial charge in [0.25, 0.3) is 0 Å². The van der Waals surface area contributed by atoms with E-state index in [9.17, 15) is 0 Å². The predicted molar refractivity (Wildman–Crippen MR) is 99.4 cm³/mol. The van der Waals surface area contributed by atoms with Crippen molar-refractivity contribution in [3.05, 3.63) is 84.4 Å². The van der Waals surface area contributed by atoms with Gasteiger partial charge in [-0.3, -0.25) is 0 Å². The van der Waals surface area contributed by atoms with E-state index in [1.807, 2.05) is 48.5 Å². The molecule has 3 nitrogen and oxygen atoms in total. The molecule has 0 spiro atoms.